The summed E-state index contributed by atoms with van der Waals surface area (Å²) >= 11 is 0. The van der Waals surface area contributed by atoms with Crippen molar-refractivity contribution >= 4 is 6.29 Å². The van der Waals surface area contributed by atoms with Crippen molar-refractivity contribution in [3.63, 3.8) is 0 Å². The van der Waals surface area contributed by atoms with Gasteiger partial charge in [-0.3, -0.25) is 0 Å². The second kappa shape index (κ2) is 6.33. The fourth-order valence-electron chi connectivity index (χ4n) is 1.65. The minimum Gasteiger partial charge on any atom is -0.303 e. The molecule has 0 aliphatic rings. The molecular weight excluding hydrogens is 191 g/mol. The number of hydrogen-bond donors (Lipinski definition) is 0. The Morgan fingerprint density at radius 1 is 1.20 bits per heavy atom. The van der Waals surface area contributed by atoms with E-state index >= 15 is 0 Å². The molecule has 1 nitrogen and oxygen atoms in total. The molecule has 0 fully saturated rings. The standard InChI is InChI=1S/C13H17FO/c1-2-3-4-5-11-8-12(6-7-15)10-13(14)9-11/h7-10H,2-6H2,1H3. The van der Waals surface area contributed by atoms with Crippen LogP contribution in [0.5, 0.6) is 0 Å². The van der Waals surface area contributed by atoms with Crippen LogP contribution in [0.2, 0.25) is 0 Å². The maximum absolute atomic E-state index is 13.1. The van der Waals surface area contributed by atoms with Gasteiger partial charge in [0.05, 0.1) is 0 Å². The van der Waals surface area contributed by atoms with Crippen LogP contribution in [0.25, 0.3) is 0 Å². The lowest BCUT2D eigenvalue weighted by Gasteiger charge is -2.03. The molecule has 0 spiro atoms. The van der Waals surface area contributed by atoms with Crippen molar-refractivity contribution in [3.8, 4) is 0 Å². The highest BCUT2D eigenvalue weighted by atomic mass is 19.1. The largest absolute Gasteiger partial charge is 0.303 e. The van der Waals surface area contributed by atoms with Crippen molar-refractivity contribution in [3.05, 3.63) is 35.1 Å². The van der Waals surface area contributed by atoms with E-state index < -0.39 is 0 Å². The molecule has 0 unspecified atom stereocenters. The average molecular weight is 208 g/mol. The second-order valence-electron chi connectivity index (χ2n) is 3.80. The van der Waals surface area contributed by atoms with Crippen LogP contribution >= 0.6 is 0 Å². The van der Waals surface area contributed by atoms with Gasteiger partial charge in [0.25, 0.3) is 0 Å². The summed E-state index contributed by atoms with van der Waals surface area (Å²) in [7, 11) is 0. The topological polar surface area (TPSA) is 17.1 Å². The molecule has 0 saturated carbocycles. The van der Waals surface area contributed by atoms with Gasteiger partial charge in [0.1, 0.15) is 12.1 Å². The second-order valence-corrected chi connectivity index (χ2v) is 3.80. The van der Waals surface area contributed by atoms with Gasteiger partial charge in [0.15, 0.2) is 0 Å². The molecule has 0 aliphatic carbocycles. The van der Waals surface area contributed by atoms with E-state index in [9.17, 15) is 9.18 Å². The summed E-state index contributed by atoms with van der Waals surface area (Å²) in [5.74, 6) is -0.235. The van der Waals surface area contributed by atoms with Gasteiger partial charge >= 0.3 is 0 Å². The van der Waals surface area contributed by atoms with Gasteiger partial charge in [-0.25, -0.2) is 4.39 Å². The molecule has 1 rings (SSSR count). The number of halogens is 1. The van der Waals surface area contributed by atoms with Crippen LogP contribution in [0.1, 0.15) is 37.3 Å². The highest BCUT2D eigenvalue weighted by Gasteiger charge is 2.00. The molecule has 0 atom stereocenters. The normalized spacial score (nSPS) is 10.3. The number of carbonyl (C=O) groups is 1. The Labute approximate surface area is 90.3 Å². The summed E-state index contributed by atoms with van der Waals surface area (Å²) < 4.78 is 13.1. The van der Waals surface area contributed by atoms with Crippen molar-refractivity contribution in [1.82, 2.24) is 0 Å². The number of rotatable bonds is 6. The van der Waals surface area contributed by atoms with Crippen LogP contribution in [0.4, 0.5) is 4.39 Å². The van der Waals surface area contributed by atoms with Crippen molar-refractivity contribution < 1.29 is 9.18 Å². The molecular formula is C13H17FO. The Hall–Kier alpha value is -1.18. The van der Waals surface area contributed by atoms with E-state index in [0.29, 0.717) is 6.42 Å². The molecule has 1 aromatic rings. The van der Waals surface area contributed by atoms with Crippen molar-refractivity contribution in [2.45, 2.75) is 39.0 Å². The minimum atomic E-state index is -0.235. The van der Waals surface area contributed by atoms with Crippen LogP contribution in [0, 0.1) is 5.82 Å². The van der Waals surface area contributed by atoms with Crippen molar-refractivity contribution in [1.29, 1.82) is 0 Å². The quantitative estimate of drug-likeness (QED) is 0.518. The Morgan fingerprint density at radius 2 is 1.93 bits per heavy atom. The Morgan fingerprint density at radius 3 is 2.60 bits per heavy atom. The lowest BCUT2D eigenvalue weighted by Crippen LogP contribution is -1.93. The lowest BCUT2D eigenvalue weighted by atomic mass is 10.0. The minimum absolute atomic E-state index is 0.235. The zero-order valence-electron chi connectivity index (χ0n) is 9.13. The van der Waals surface area contributed by atoms with Crippen LogP contribution in [0.15, 0.2) is 18.2 Å². The molecule has 0 aliphatic heterocycles. The van der Waals surface area contributed by atoms with Gasteiger partial charge < -0.3 is 4.79 Å². The summed E-state index contributed by atoms with van der Waals surface area (Å²) in [5, 5.41) is 0. The third-order valence-electron chi connectivity index (χ3n) is 2.41. The molecule has 15 heavy (non-hydrogen) atoms. The number of aldehydes is 1. The van der Waals surface area contributed by atoms with Crippen LogP contribution in [-0.2, 0) is 17.6 Å². The summed E-state index contributed by atoms with van der Waals surface area (Å²) in [4.78, 5) is 10.3. The number of hydrogen-bond acceptors (Lipinski definition) is 1. The zero-order valence-corrected chi connectivity index (χ0v) is 9.13. The monoisotopic (exact) mass is 208 g/mol. The third-order valence-corrected chi connectivity index (χ3v) is 2.41. The lowest BCUT2D eigenvalue weighted by molar-refractivity contribution is -0.107. The number of benzene rings is 1. The molecule has 0 heterocycles. The van der Waals surface area contributed by atoms with E-state index in [1.54, 1.807) is 6.07 Å². The third kappa shape index (κ3) is 4.24. The van der Waals surface area contributed by atoms with E-state index in [-0.39, 0.29) is 5.82 Å². The molecule has 82 valence electrons. The van der Waals surface area contributed by atoms with Gasteiger partial charge in [-0.1, -0.05) is 25.8 Å². The molecule has 0 N–H and O–H groups in total. The van der Waals surface area contributed by atoms with Crippen LogP contribution in [-0.4, -0.2) is 6.29 Å². The molecule has 2 heteroatoms. The number of aryl methyl sites for hydroxylation is 1. The smallest absolute Gasteiger partial charge is 0.124 e. The molecule has 1 aromatic carbocycles. The Bertz CT molecular complexity index is 320. The first-order valence-corrected chi connectivity index (χ1v) is 5.48. The highest BCUT2D eigenvalue weighted by molar-refractivity contribution is 5.55. The fourth-order valence-corrected chi connectivity index (χ4v) is 1.65. The maximum atomic E-state index is 13.1. The molecule has 0 aromatic heterocycles. The first kappa shape index (κ1) is 11.9. The first-order valence-electron chi connectivity index (χ1n) is 5.48. The summed E-state index contributed by atoms with van der Waals surface area (Å²) in [6.07, 6.45) is 5.43. The van der Waals surface area contributed by atoms with Gasteiger partial charge in [-0.15, -0.1) is 0 Å². The van der Waals surface area contributed by atoms with Gasteiger partial charge in [-0.05, 0) is 36.1 Å². The summed E-state index contributed by atoms with van der Waals surface area (Å²) in [6.45, 7) is 2.14. The summed E-state index contributed by atoms with van der Waals surface area (Å²) in [5.41, 5.74) is 1.77. The van der Waals surface area contributed by atoms with E-state index in [1.165, 1.54) is 12.5 Å². The number of unbranched alkanes of at least 4 members (excludes halogenated alkanes) is 2. The SMILES string of the molecule is CCCCCc1cc(F)cc(CC=O)c1. The fraction of sp³-hybridized carbons (Fsp3) is 0.462. The van der Waals surface area contributed by atoms with E-state index in [4.69, 9.17) is 0 Å². The van der Waals surface area contributed by atoms with E-state index in [0.717, 1.165) is 36.7 Å². The summed E-state index contributed by atoms with van der Waals surface area (Å²) in [6, 6.07) is 4.91. The van der Waals surface area contributed by atoms with Crippen molar-refractivity contribution in [2.24, 2.45) is 0 Å². The predicted octanol–water partition coefficient (Wildman–Crippen LogP) is 3.30. The molecule has 0 saturated heterocycles. The van der Waals surface area contributed by atoms with Crippen LogP contribution < -0.4 is 0 Å². The van der Waals surface area contributed by atoms with E-state index in [2.05, 4.69) is 6.92 Å². The van der Waals surface area contributed by atoms with Gasteiger partial charge in [0.2, 0.25) is 0 Å². The highest BCUT2D eigenvalue weighted by Crippen LogP contribution is 2.12. The average Bonchev–Trinajstić information content (AvgIpc) is 2.18. The maximum Gasteiger partial charge on any atom is 0.124 e. The predicted molar refractivity (Wildman–Crippen MR) is 59.4 cm³/mol. The van der Waals surface area contributed by atoms with Crippen molar-refractivity contribution in [2.75, 3.05) is 0 Å². The number of carbonyl (C=O) groups excluding carboxylic acids is 1. The Balaban J connectivity index is 2.65. The van der Waals surface area contributed by atoms with Gasteiger partial charge in [0, 0.05) is 6.42 Å². The zero-order chi connectivity index (χ0) is 11.1. The Kier molecular flexibility index (Phi) is 5.02. The molecule has 0 bridgehead atoms. The van der Waals surface area contributed by atoms with Gasteiger partial charge in [-0.2, -0.15) is 0 Å². The van der Waals surface area contributed by atoms with Crippen LogP contribution in [0.3, 0.4) is 0 Å². The molecule has 0 radical (unpaired) electrons. The first-order chi connectivity index (χ1) is 7.26. The van der Waals surface area contributed by atoms with E-state index in [1.807, 2.05) is 6.07 Å². The molecule has 0 amide bonds.